The molecule has 7 aromatic rings. The van der Waals surface area contributed by atoms with Gasteiger partial charge in [0.05, 0.1) is 13.7 Å². The van der Waals surface area contributed by atoms with E-state index in [0.29, 0.717) is 11.8 Å². The van der Waals surface area contributed by atoms with E-state index in [2.05, 4.69) is 129 Å². The van der Waals surface area contributed by atoms with Crippen molar-refractivity contribution in [2.75, 3.05) is 0 Å². The van der Waals surface area contributed by atoms with Crippen molar-refractivity contribution in [3.8, 4) is 33.6 Å². The van der Waals surface area contributed by atoms with E-state index in [9.17, 15) is 0 Å². The minimum absolute atomic E-state index is 0. The summed E-state index contributed by atoms with van der Waals surface area (Å²) < 4.78 is 6.38. The van der Waals surface area contributed by atoms with Gasteiger partial charge in [-0.25, -0.2) is 0 Å². The third kappa shape index (κ3) is 7.54. The largest absolute Gasteiger partial charge is 0.501 e. The Morgan fingerprint density at radius 3 is 2.17 bits per heavy atom. The van der Waals surface area contributed by atoms with Crippen molar-refractivity contribution in [2.24, 2.45) is 5.92 Å². The van der Waals surface area contributed by atoms with Crippen LogP contribution in [0.4, 0.5) is 0 Å². The van der Waals surface area contributed by atoms with Crippen molar-refractivity contribution < 1.29 is 24.5 Å². The molecule has 0 amide bonds. The monoisotopic (exact) mass is 809 g/mol. The third-order valence-corrected chi connectivity index (χ3v) is 10.7. The molecule has 1 atom stereocenters. The summed E-state index contributed by atoms with van der Waals surface area (Å²) in [6.07, 6.45) is 3.92. The summed E-state index contributed by atoms with van der Waals surface area (Å²) in [5.41, 5.74) is 9.20. The number of fused-ring (bicyclic) bond motifs is 3. The Hall–Kier alpha value is -4.15. The topological polar surface area (TPSA) is 38.9 Å². The van der Waals surface area contributed by atoms with E-state index in [1.165, 1.54) is 10.8 Å². The molecule has 0 aliphatic carbocycles. The fraction of sp³-hybridized carbons (Fsp3) is 0.190. The van der Waals surface area contributed by atoms with E-state index in [4.69, 9.17) is 4.42 Å². The molecule has 47 heavy (non-hydrogen) atoms. The van der Waals surface area contributed by atoms with E-state index >= 15 is 0 Å². The Morgan fingerprint density at radius 2 is 1.49 bits per heavy atom. The van der Waals surface area contributed by atoms with Crippen LogP contribution in [0, 0.1) is 18.1 Å². The Labute approximate surface area is 293 Å². The van der Waals surface area contributed by atoms with Crippen molar-refractivity contribution in [3.05, 3.63) is 139 Å². The third-order valence-electron chi connectivity index (χ3n) is 8.72. The van der Waals surface area contributed by atoms with Crippen LogP contribution in [0.1, 0.15) is 32.3 Å². The molecule has 4 aromatic carbocycles. The van der Waals surface area contributed by atoms with Gasteiger partial charge in [0.25, 0.3) is 0 Å². The molecule has 0 spiro atoms. The molecule has 0 N–H and O–H groups in total. The standard InChI is InChI=1S/C28H24NO.C14H16NSi.Ir/c1-18(2)19(3)21-15-16-29-25(17-21)23-14-13-22(20-9-5-4-6-10-20)27-24-11-7-8-12-26(24)30-28(23)27;1-16(2,3)13-9-10-14(15-11-13)12-7-5-4-6-8-12;/h4-13,15-19H,1-3H3;4-7,9-11H,1-3H3;/q2*-1;. The summed E-state index contributed by atoms with van der Waals surface area (Å²) in [6.45, 7) is 13.8. The Morgan fingerprint density at radius 1 is 0.745 bits per heavy atom. The maximum atomic E-state index is 6.38. The quantitative estimate of drug-likeness (QED) is 0.124. The van der Waals surface area contributed by atoms with Crippen LogP contribution in [-0.4, -0.2) is 18.0 Å². The van der Waals surface area contributed by atoms with Crippen LogP contribution in [-0.2, 0) is 20.1 Å². The maximum Gasteiger partial charge on any atom is 0.120 e. The van der Waals surface area contributed by atoms with Gasteiger partial charge < -0.3 is 14.4 Å². The molecule has 1 radical (unpaired) electrons. The molecule has 0 aliphatic rings. The van der Waals surface area contributed by atoms with E-state index in [-0.39, 0.29) is 20.1 Å². The zero-order chi connectivity index (χ0) is 32.3. The maximum absolute atomic E-state index is 6.38. The summed E-state index contributed by atoms with van der Waals surface area (Å²) in [5, 5.41) is 3.63. The Kier molecular flexibility index (Phi) is 10.7. The van der Waals surface area contributed by atoms with Crippen LogP contribution in [0.15, 0.2) is 126 Å². The van der Waals surface area contributed by atoms with Gasteiger partial charge in [-0.2, -0.15) is 0 Å². The second kappa shape index (κ2) is 14.7. The Bertz CT molecular complexity index is 2060. The molecule has 3 heterocycles. The molecule has 5 heteroatoms. The Balaban J connectivity index is 0.000000217. The fourth-order valence-corrected chi connectivity index (χ4v) is 6.64. The number of aromatic nitrogens is 2. The van der Waals surface area contributed by atoms with Gasteiger partial charge in [0.1, 0.15) is 5.58 Å². The van der Waals surface area contributed by atoms with Gasteiger partial charge in [-0.3, -0.25) is 0 Å². The van der Waals surface area contributed by atoms with Gasteiger partial charge >= 0.3 is 0 Å². The second-order valence-corrected chi connectivity index (χ2v) is 18.3. The minimum atomic E-state index is -1.23. The van der Waals surface area contributed by atoms with Crippen LogP contribution in [0.2, 0.25) is 19.6 Å². The second-order valence-electron chi connectivity index (χ2n) is 13.2. The first-order chi connectivity index (χ1) is 22.2. The number of nitrogens with zero attached hydrogens (tertiary/aromatic N) is 2. The zero-order valence-corrected chi connectivity index (χ0v) is 31.2. The van der Waals surface area contributed by atoms with Crippen LogP contribution < -0.4 is 5.19 Å². The summed E-state index contributed by atoms with van der Waals surface area (Å²) >= 11 is 0. The fourth-order valence-electron chi connectivity index (χ4n) is 5.61. The molecule has 1 unspecified atom stereocenters. The van der Waals surface area contributed by atoms with E-state index < -0.39 is 8.07 Å². The SMILES string of the molecule is CC(C)C(C)c1ccnc(-c2[c-]cc(-c3ccccc3)c3c2oc2ccccc23)c1.C[Si](C)(C)c1ccc(-c2[c-]cccc2)nc1.[Ir]. The molecule has 3 aromatic heterocycles. The van der Waals surface area contributed by atoms with E-state index in [0.717, 1.165) is 55.6 Å². The summed E-state index contributed by atoms with van der Waals surface area (Å²) in [6, 6.07) is 44.0. The van der Waals surface area contributed by atoms with Crippen LogP contribution >= 0.6 is 0 Å². The molecule has 239 valence electrons. The smallest absolute Gasteiger partial charge is 0.120 e. The number of hydrogen-bond acceptors (Lipinski definition) is 3. The number of hydrogen-bond donors (Lipinski definition) is 0. The van der Waals surface area contributed by atoms with Gasteiger partial charge in [0.15, 0.2) is 0 Å². The number of pyridine rings is 2. The van der Waals surface area contributed by atoms with E-state index in [1.807, 2.05) is 54.9 Å². The summed E-state index contributed by atoms with van der Waals surface area (Å²) in [5.74, 6) is 1.03. The minimum Gasteiger partial charge on any atom is -0.501 e. The molecular weight excluding hydrogens is 769 g/mol. The van der Waals surface area contributed by atoms with Crippen molar-refractivity contribution in [2.45, 2.75) is 46.3 Å². The molecule has 7 rings (SSSR count). The number of para-hydroxylation sites is 1. The normalized spacial score (nSPS) is 12.0. The number of rotatable bonds is 6. The van der Waals surface area contributed by atoms with Gasteiger partial charge in [-0.05, 0) is 45.9 Å². The van der Waals surface area contributed by atoms with Crippen molar-refractivity contribution >= 4 is 35.2 Å². The molecule has 0 saturated carbocycles. The number of benzene rings is 4. The predicted octanol–water partition coefficient (Wildman–Crippen LogP) is 11.0. The first kappa shape index (κ1) is 34.2. The van der Waals surface area contributed by atoms with Crippen molar-refractivity contribution in [1.29, 1.82) is 0 Å². The first-order valence-corrected chi connectivity index (χ1v) is 19.5. The zero-order valence-electron chi connectivity index (χ0n) is 27.8. The molecule has 0 bridgehead atoms. The van der Waals surface area contributed by atoms with Crippen molar-refractivity contribution in [1.82, 2.24) is 9.97 Å². The van der Waals surface area contributed by atoms with Gasteiger partial charge in [-0.15, -0.1) is 48.0 Å². The predicted molar refractivity (Wildman–Crippen MR) is 196 cm³/mol. The van der Waals surface area contributed by atoms with Crippen LogP contribution in [0.25, 0.3) is 55.6 Å². The molecule has 0 fully saturated rings. The first-order valence-electron chi connectivity index (χ1n) is 16.0. The molecular formula is C42H40IrN2OSi-2. The number of furan rings is 1. The van der Waals surface area contributed by atoms with Crippen LogP contribution in [0.3, 0.4) is 0 Å². The molecule has 0 aliphatic heterocycles. The van der Waals surface area contributed by atoms with Crippen LogP contribution in [0.5, 0.6) is 0 Å². The summed E-state index contributed by atoms with van der Waals surface area (Å²) in [7, 11) is -1.23. The van der Waals surface area contributed by atoms with Gasteiger partial charge in [-0.1, -0.05) is 129 Å². The average molecular weight is 809 g/mol. The van der Waals surface area contributed by atoms with Gasteiger partial charge in [0.2, 0.25) is 0 Å². The average Bonchev–Trinajstić information content (AvgIpc) is 3.48. The van der Waals surface area contributed by atoms with E-state index in [1.54, 1.807) is 0 Å². The molecule has 3 nitrogen and oxygen atoms in total. The van der Waals surface area contributed by atoms with Crippen molar-refractivity contribution in [3.63, 3.8) is 0 Å². The molecule has 0 saturated heterocycles. The van der Waals surface area contributed by atoms with Gasteiger partial charge in [0, 0.05) is 37.9 Å². The summed E-state index contributed by atoms with van der Waals surface area (Å²) in [4.78, 5) is 9.20.